The van der Waals surface area contributed by atoms with Gasteiger partial charge in [0.25, 0.3) is 5.78 Å². The van der Waals surface area contributed by atoms with E-state index in [9.17, 15) is 18.0 Å². The number of nitrogens with zero attached hydrogens (tertiary/aromatic N) is 2. The summed E-state index contributed by atoms with van der Waals surface area (Å²) in [6.07, 6.45) is -3.41. The zero-order valence-corrected chi connectivity index (χ0v) is 12.9. The summed E-state index contributed by atoms with van der Waals surface area (Å²) >= 11 is 7.80. The minimum Gasteiger partial charge on any atom is -0.284 e. The lowest BCUT2D eigenvalue weighted by molar-refractivity contribution is -0.0885. The van der Waals surface area contributed by atoms with Crippen LogP contribution in [0.25, 0.3) is 5.69 Å². The molecule has 0 spiro atoms. The lowest BCUT2D eigenvalue weighted by Crippen LogP contribution is -2.24. The first-order valence-corrected chi connectivity index (χ1v) is 6.79. The van der Waals surface area contributed by atoms with Crippen LogP contribution in [0.4, 0.5) is 13.2 Å². The Morgan fingerprint density at radius 2 is 2.05 bits per heavy atom. The highest BCUT2D eigenvalue weighted by atomic mass is 127. The Labute approximate surface area is 130 Å². The van der Waals surface area contributed by atoms with Gasteiger partial charge in [0.05, 0.1) is 20.5 Å². The number of aromatic nitrogens is 2. The number of hydrogen-bond donors (Lipinski definition) is 0. The molecule has 0 aliphatic rings. The standard InChI is InChI=1S/C12H7ClF3IN2O/c1-6-9(17)5-19(18-6)10-4-7(13)2-3-8(10)11(20)12(14,15)16/h2-5H,1H3. The normalized spacial score (nSPS) is 11.7. The van der Waals surface area contributed by atoms with Crippen LogP contribution in [0.5, 0.6) is 0 Å². The van der Waals surface area contributed by atoms with Crippen molar-refractivity contribution in [3.8, 4) is 5.69 Å². The first-order valence-electron chi connectivity index (χ1n) is 5.33. The van der Waals surface area contributed by atoms with Crippen LogP contribution in [0, 0.1) is 10.5 Å². The van der Waals surface area contributed by atoms with Crippen molar-refractivity contribution in [1.29, 1.82) is 0 Å². The Morgan fingerprint density at radius 3 is 2.55 bits per heavy atom. The molecule has 1 aromatic carbocycles. The molecular weight excluding hydrogens is 407 g/mol. The number of Topliss-reactive ketones (excluding diaryl/α,β-unsaturated/α-hetero) is 1. The van der Waals surface area contributed by atoms with Crippen molar-refractivity contribution >= 4 is 40.0 Å². The maximum Gasteiger partial charge on any atom is 0.454 e. The van der Waals surface area contributed by atoms with Crippen LogP contribution in [-0.4, -0.2) is 21.7 Å². The Balaban J connectivity index is 2.63. The monoisotopic (exact) mass is 414 g/mol. The predicted molar refractivity (Wildman–Crippen MR) is 76.4 cm³/mol. The number of hydrogen-bond acceptors (Lipinski definition) is 2. The number of aryl methyl sites for hydroxylation is 1. The number of carbonyl (C=O) groups is 1. The fourth-order valence-electron chi connectivity index (χ4n) is 1.60. The molecule has 0 N–H and O–H groups in total. The van der Waals surface area contributed by atoms with Gasteiger partial charge in [-0.1, -0.05) is 11.6 Å². The summed E-state index contributed by atoms with van der Waals surface area (Å²) in [4.78, 5) is 11.5. The maximum atomic E-state index is 12.6. The second kappa shape index (κ2) is 5.36. The van der Waals surface area contributed by atoms with Crippen LogP contribution in [-0.2, 0) is 0 Å². The second-order valence-corrected chi connectivity index (χ2v) is 5.59. The second-order valence-electron chi connectivity index (χ2n) is 4.00. The molecule has 20 heavy (non-hydrogen) atoms. The van der Waals surface area contributed by atoms with E-state index < -0.39 is 17.5 Å². The molecule has 0 aliphatic carbocycles. The maximum absolute atomic E-state index is 12.6. The number of benzene rings is 1. The van der Waals surface area contributed by atoms with Crippen LogP contribution in [0.2, 0.25) is 5.02 Å². The number of alkyl halides is 3. The van der Waals surface area contributed by atoms with E-state index in [-0.39, 0.29) is 10.7 Å². The van der Waals surface area contributed by atoms with Crippen molar-refractivity contribution in [2.45, 2.75) is 13.1 Å². The molecular formula is C12H7ClF3IN2O. The molecule has 0 amide bonds. The summed E-state index contributed by atoms with van der Waals surface area (Å²) in [5.74, 6) is -1.92. The van der Waals surface area contributed by atoms with Crippen LogP contribution in [0.1, 0.15) is 16.1 Å². The molecule has 1 aromatic heterocycles. The summed E-state index contributed by atoms with van der Waals surface area (Å²) in [7, 11) is 0. The van der Waals surface area contributed by atoms with E-state index in [1.165, 1.54) is 23.0 Å². The molecule has 1 heterocycles. The average molecular weight is 415 g/mol. The molecule has 0 saturated carbocycles. The average Bonchev–Trinajstić information content (AvgIpc) is 2.67. The molecule has 0 bridgehead atoms. The van der Waals surface area contributed by atoms with Gasteiger partial charge in [-0.15, -0.1) is 0 Å². The minimum absolute atomic E-state index is 0.00541. The number of carbonyl (C=O) groups excluding carboxylic acids is 1. The topological polar surface area (TPSA) is 34.9 Å². The minimum atomic E-state index is -4.95. The molecule has 0 unspecified atom stereocenters. The third-order valence-electron chi connectivity index (χ3n) is 2.55. The van der Waals surface area contributed by atoms with Gasteiger partial charge in [0.15, 0.2) is 0 Å². The van der Waals surface area contributed by atoms with Crippen molar-refractivity contribution in [3.05, 3.63) is 44.2 Å². The van der Waals surface area contributed by atoms with Crippen LogP contribution >= 0.6 is 34.2 Å². The third kappa shape index (κ3) is 2.98. The predicted octanol–water partition coefficient (Wildman–Crippen LogP) is 4.18. The van der Waals surface area contributed by atoms with Gasteiger partial charge in [-0.05, 0) is 47.7 Å². The molecule has 3 nitrogen and oxygen atoms in total. The summed E-state index contributed by atoms with van der Waals surface area (Å²) in [6.45, 7) is 1.72. The number of ketones is 1. The Hall–Kier alpha value is -1.09. The van der Waals surface area contributed by atoms with Gasteiger partial charge >= 0.3 is 6.18 Å². The lowest BCUT2D eigenvalue weighted by atomic mass is 10.1. The Morgan fingerprint density at radius 1 is 1.40 bits per heavy atom. The summed E-state index contributed by atoms with van der Waals surface area (Å²) < 4.78 is 39.8. The number of halogens is 5. The smallest absolute Gasteiger partial charge is 0.284 e. The highest BCUT2D eigenvalue weighted by Crippen LogP contribution is 2.28. The largest absolute Gasteiger partial charge is 0.454 e. The third-order valence-corrected chi connectivity index (χ3v) is 3.84. The van der Waals surface area contributed by atoms with Crippen molar-refractivity contribution in [3.63, 3.8) is 0 Å². The van der Waals surface area contributed by atoms with E-state index in [1.54, 1.807) is 6.92 Å². The lowest BCUT2D eigenvalue weighted by Gasteiger charge is -2.11. The van der Waals surface area contributed by atoms with Crippen LogP contribution in [0.15, 0.2) is 24.4 Å². The molecule has 106 valence electrons. The van der Waals surface area contributed by atoms with Crippen molar-refractivity contribution < 1.29 is 18.0 Å². The van der Waals surface area contributed by atoms with Crippen LogP contribution in [0.3, 0.4) is 0 Å². The number of rotatable bonds is 2. The van der Waals surface area contributed by atoms with Gasteiger partial charge in [0.2, 0.25) is 0 Å². The van der Waals surface area contributed by atoms with E-state index in [1.807, 2.05) is 22.6 Å². The molecule has 0 atom stereocenters. The van der Waals surface area contributed by atoms with Gasteiger partial charge < -0.3 is 0 Å². The molecule has 0 saturated heterocycles. The first kappa shape index (κ1) is 15.3. The van der Waals surface area contributed by atoms with Gasteiger partial charge in [-0.25, -0.2) is 4.68 Å². The first-order chi connectivity index (χ1) is 9.20. The highest BCUT2D eigenvalue weighted by Gasteiger charge is 2.40. The summed E-state index contributed by atoms with van der Waals surface area (Å²) in [5.41, 5.74) is 0.169. The van der Waals surface area contributed by atoms with Gasteiger partial charge in [0, 0.05) is 11.2 Å². The Kier molecular flexibility index (Phi) is 4.10. The fraction of sp³-hybridized carbons (Fsp3) is 0.167. The van der Waals surface area contributed by atoms with E-state index in [0.717, 1.165) is 9.64 Å². The van der Waals surface area contributed by atoms with E-state index in [4.69, 9.17) is 11.6 Å². The van der Waals surface area contributed by atoms with Gasteiger partial charge in [0.1, 0.15) is 0 Å². The quantitative estimate of drug-likeness (QED) is 0.546. The van der Waals surface area contributed by atoms with Crippen molar-refractivity contribution in [1.82, 2.24) is 9.78 Å². The van der Waals surface area contributed by atoms with Crippen molar-refractivity contribution in [2.24, 2.45) is 0 Å². The molecule has 0 aliphatic heterocycles. The van der Waals surface area contributed by atoms with Gasteiger partial charge in [-0.2, -0.15) is 18.3 Å². The molecule has 2 rings (SSSR count). The van der Waals surface area contributed by atoms with Gasteiger partial charge in [-0.3, -0.25) is 4.79 Å². The molecule has 2 aromatic rings. The summed E-state index contributed by atoms with van der Waals surface area (Å²) in [6, 6.07) is 3.58. The van der Waals surface area contributed by atoms with E-state index in [2.05, 4.69) is 5.10 Å². The fourth-order valence-corrected chi connectivity index (χ4v) is 2.14. The van der Waals surface area contributed by atoms with E-state index in [0.29, 0.717) is 5.69 Å². The molecule has 8 heteroatoms. The highest BCUT2D eigenvalue weighted by molar-refractivity contribution is 14.1. The zero-order chi connectivity index (χ0) is 15.1. The Bertz CT molecular complexity index is 662. The summed E-state index contributed by atoms with van der Waals surface area (Å²) in [5, 5.41) is 4.30. The zero-order valence-electron chi connectivity index (χ0n) is 10.0. The molecule has 0 fully saturated rings. The van der Waals surface area contributed by atoms with E-state index >= 15 is 0 Å². The van der Waals surface area contributed by atoms with Crippen LogP contribution < -0.4 is 0 Å². The molecule has 0 radical (unpaired) electrons. The SMILES string of the molecule is Cc1nn(-c2cc(Cl)ccc2C(=O)C(F)(F)F)cc1I. The van der Waals surface area contributed by atoms with Crippen molar-refractivity contribution in [2.75, 3.05) is 0 Å².